The molecule has 0 aliphatic carbocycles. The third-order valence-corrected chi connectivity index (χ3v) is 20.9. The number of nitrogens with zero attached hydrogens (tertiary/aromatic N) is 7. The van der Waals surface area contributed by atoms with Gasteiger partial charge in [-0.1, -0.05) is 328 Å². The molecule has 0 atom stereocenters. The smallest absolute Gasteiger partial charge is 0.160 e. The number of benzene rings is 14. The molecular formula is C105H69N7. The molecule has 0 aliphatic rings. The molecule has 0 bridgehead atoms. The highest BCUT2D eigenvalue weighted by molar-refractivity contribution is 6.19. The van der Waals surface area contributed by atoms with Crippen LogP contribution in [0.1, 0.15) is 0 Å². The summed E-state index contributed by atoms with van der Waals surface area (Å²) in [5.74, 6) is 0.712. The van der Waals surface area contributed by atoms with Crippen LogP contribution in [0.5, 0.6) is 0 Å². The van der Waals surface area contributed by atoms with Crippen molar-refractivity contribution in [2.24, 2.45) is 0 Å². The van der Waals surface area contributed by atoms with Crippen LogP contribution < -0.4 is 0 Å². The summed E-state index contributed by atoms with van der Waals surface area (Å²) in [5.41, 5.74) is 30.4. The number of para-hydroxylation sites is 2. The second-order valence-corrected chi connectivity index (χ2v) is 27.9. The quantitative estimate of drug-likeness (QED) is 0.100. The van der Waals surface area contributed by atoms with E-state index in [9.17, 15) is 0 Å². The molecule has 0 saturated heterocycles. The zero-order valence-electron chi connectivity index (χ0n) is 61.0. The Morgan fingerprint density at radius 1 is 0.152 bits per heavy atom. The lowest BCUT2D eigenvalue weighted by atomic mass is 9.91. The average Bonchev–Trinajstić information content (AvgIpc) is 0.745. The molecule has 7 heteroatoms. The Bertz CT molecular complexity index is 6290. The largest absolute Gasteiger partial charge is 0.255 e. The summed E-state index contributed by atoms with van der Waals surface area (Å²) < 4.78 is 0. The van der Waals surface area contributed by atoms with E-state index in [0.717, 1.165) is 150 Å². The molecule has 7 nitrogen and oxygen atoms in total. The van der Waals surface area contributed by atoms with Gasteiger partial charge in [0.15, 0.2) is 5.82 Å². The van der Waals surface area contributed by atoms with Gasteiger partial charge in [0.1, 0.15) is 0 Å². The fraction of sp³-hybridized carbons (Fsp3) is 0. The molecule has 20 rings (SSSR count). The van der Waals surface area contributed by atoms with Crippen LogP contribution in [0, 0.1) is 0 Å². The van der Waals surface area contributed by atoms with Crippen LogP contribution in [-0.4, -0.2) is 34.9 Å². The molecule has 112 heavy (non-hydrogen) atoms. The third-order valence-electron chi connectivity index (χ3n) is 20.9. The summed E-state index contributed by atoms with van der Waals surface area (Å²) in [6, 6.07) is 143. The van der Waals surface area contributed by atoms with Crippen molar-refractivity contribution in [2.45, 2.75) is 0 Å². The summed E-state index contributed by atoms with van der Waals surface area (Å²) in [7, 11) is 0. The Morgan fingerprint density at radius 3 is 0.893 bits per heavy atom. The second kappa shape index (κ2) is 30.3. The van der Waals surface area contributed by atoms with Crippen LogP contribution in [0.2, 0.25) is 0 Å². The van der Waals surface area contributed by atoms with Gasteiger partial charge in [-0.25, -0.2) is 24.9 Å². The Kier molecular flexibility index (Phi) is 18.3. The molecule has 524 valence electrons. The Hall–Kier alpha value is -15.1. The zero-order chi connectivity index (χ0) is 74.5. The minimum absolute atomic E-state index is 0.712. The maximum absolute atomic E-state index is 5.28. The topological polar surface area (TPSA) is 90.2 Å². The minimum Gasteiger partial charge on any atom is -0.255 e. The molecule has 0 radical (unpaired) electrons. The lowest BCUT2D eigenvalue weighted by Crippen LogP contribution is -1.95. The number of rotatable bonds is 14. The fourth-order valence-electron chi connectivity index (χ4n) is 15.4. The van der Waals surface area contributed by atoms with Crippen molar-refractivity contribution in [1.29, 1.82) is 0 Å². The minimum atomic E-state index is 0.712. The first-order valence-corrected chi connectivity index (χ1v) is 37.7. The van der Waals surface area contributed by atoms with Gasteiger partial charge < -0.3 is 0 Å². The van der Waals surface area contributed by atoms with Gasteiger partial charge in [0, 0.05) is 72.5 Å². The van der Waals surface area contributed by atoms with E-state index < -0.39 is 0 Å². The fourth-order valence-corrected chi connectivity index (χ4v) is 15.4. The van der Waals surface area contributed by atoms with Crippen LogP contribution in [0.15, 0.2) is 419 Å². The SMILES string of the molecule is c1ccc(-c2cccc(-c3nc4ccccc4c4c(-c5cccc(-c6ccc(-c7cc(-c8ccccc8)nc(-c8ccccc8)n7)cc6)c5)cccc34)c2)cc1.c1ccc(-c2cccc(-c3nc4ccccc4c4c(-c5cccc(-c6ccc(-c7cc(-c8ccccn8)nc(-c8ccccn8)c7)cc6)c5)cccc34)c2)cc1. The van der Waals surface area contributed by atoms with Crippen LogP contribution in [0.3, 0.4) is 0 Å². The summed E-state index contributed by atoms with van der Waals surface area (Å²) >= 11 is 0. The molecule has 6 heterocycles. The molecule has 0 unspecified atom stereocenters. The van der Waals surface area contributed by atoms with Crippen molar-refractivity contribution in [2.75, 3.05) is 0 Å². The summed E-state index contributed by atoms with van der Waals surface area (Å²) in [4.78, 5) is 34.7. The first kappa shape index (κ1) is 67.5. The van der Waals surface area contributed by atoms with Crippen molar-refractivity contribution in [3.8, 4) is 157 Å². The van der Waals surface area contributed by atoms with E-state index in [1.807, 2.05) is 72.8 Å². The first-order valence-electron chi connectivity index (χ1n) is 37.7. The highest BCUT2D eigenvalue weighted by atomic mass is 14.9. The lowest BCUT2D eigenvalue weighted by molar-refractivity contribution is 1.18. The van der Waals surface area contributed by atoms with Gasteiger partial charge >= 0.3 is 0 Å². The highest BCUT2D eigenvalue weighted by Crippen LogP contribution is 2.44. The molecule has 0 saturated carbocycles. The predicted octanol–water partition coefficient (Wildman–Crippen LogP) is 27.1. The van der Waals surface area contributed by atoms with Gasteiger partial charge in [0.05, 0.1) is 56.6 Å². The molecule has 0 spiro atoms. The van der Waals surface area contributed by atoms with E-state index in [2.05, 4.69) is 344 Å². The number of hydrogen-bond acceptors (Lipinski definition) is 7. The molecule has 0 N–H and O–H groups in total. The van der Waals surface area contributed by atoms with Crippen molar-refractivity contribution < 1.29 is 0 Å². The van der Waals surface area contributed by atoms with E-state index in [1.165, 1.54) is 44.2 Å². The summed E-state index contributed by atoms with van der Waals surface area (Å²) in [6.07, 6.45) is 3.60. The van der Waals surface area contributed by atoms with Gasteiger partial charge in [-0.3, -0.25) is 9.97 Å². The standard InChI is InChI=1S/C53H35N3.C52H34N4/c1-4-15-36(16-5-1)42-22-13-24-44(34-42)52-47-27-14-26-45(51(47)46-25-10-11-28-48(46)54-52)43-23-12-21-41(33-43)37-29-31-39(32-30-37)50-35-49(38-17-6-2-7-18-38)55-53(56-50)40-19-8-3-9-20-40;1-2-13-35(14-3-1)39-16-11-18-41(32-39)52-45-21-12-20-43(51(45)44-19-4-5-22-46(44)56-52)40-17-10-15-38(31-40)36-25-27-37(28-26-36)42-33-49(47-23-6-8-29-53-47)55-50(34-42)48-24-7-9-30-54-48/h1-35H;1-34H. The van der Waals surface area contributed by atoms with E-state index >= 15 is 0 Å². The van der Waals surface area contributed by atoms with Gasteiger partial charge in [-0.2, -0.15) is 0 Å². The Labute approximate surface area is 650 Å². The van der Waals surface area contributed by atoms with Crippen molar-refractivity contribution in [3.63, 3.8) is 0 Å². The Morgan fingerprint density at radius 2 is 0.464 bits per heavy atom. The van der Waals surface area contributed by atoms with Crippen molar-refractivity contribution in [1.82, 2.24) is 34.9 Å². The Balaban J connectivity index is 0.000000151. The number of aromatic nitrogens is 7. The van der Waals surface area contributed by atoms with Gasteiger partial charge in [0.25, 0.3) is 0 Å². The molecule has 0 amide bonds. The third kappa shape index (κ3) is 13.7. The lowest BCUT2D eigenvalue weighted by Gasteiger charge is -2.15. The number of fused-ring (bicyclic) bond motifs is 6. The zero-order valence-corrected chi connectivity index (χ0v) is 61.0. The predicted molar refractivity (Wildman–Crippen MR) is 464 cm³/mol. The van der Waals surface area contributed by atoms with Crippen LogP contribution in [0.25, 0.3) is 200 Å². The maximum atomic E-state index is 5.28. The van der Waals surface area contributed by atoms with Crippen molar-refractivity contribution in [3.05, 3.63) is 419 Å². The van der Waals surface area contributed by atoms with E-state index in [-0.39, 0.29) is 0 Å². The normalized spacial score (nSPS) is 11.2. The van der Waals surface area contributed by atoms with E-state index in [4.69, 9.17) is 24.9 Å². The second-order valence-electron chi connectivity index (χ2n) is 27.9. The summed E-state index contributed by atoms with van der Waals surface area (Å²) in [6.45, 7) is 0. The molecule has 6 aromatic heterocycles. The maximum Gasteiger partial charge on any atom is 0.160 e. The van der Waals surface area contributed by atoms with Crippen LogP contribution >= 0.6 is 0 Å². The van der Waals surface area contributed by atoms with Gasteiger partial charge in [-0.05, 0) is 157 Å². The summed E-state index contributed by atoms with van der Waals surface area (Å²) in [5, 5.41) is 6.96. The molecule has 14 aromatic carbocycles. The van der Waals surface area contributed by atoms with E-state index in [0.29, 0.717) is 5.82 Å². The van der Waals surface area contributed by atoms with Crippen molar-refractivity contribution >= 4 is 43.4 Å². The van der Waals surface area contributed by atoms with Gasteiger partial charge in [0.2, 0.25) is 0 Å². The number of pyridine rings is 5. The average molecular weight is 1430 g/mol. The van der Waals surface area contributed by atoms with Gasteiger partial charge in [-0.15, -0.1) is 0 Å². The molecule has 20 aromatic rings. The molecular weight excluding hydrogens is 1360 g/mol. The van der Waals surface area contributed by atoms with E-state index in [1.54, 1.807) is 12.4 Å². The molecule has 0 aliphatic heterocycles. The molecule has 0 fully saturated rings. The van der Waals surface area contributed by atoms with Crippen LogP contribution in [0.4, 0.5) is 0 Å². The van der Waals surface area contributed by atoms with Crippen LogP contribution in [-0.2, 0) is 0 Å². The highest BCUT2D eigenvalue weighted by Gasteiger charge is 2.20. The first-order chi connectivity index (χ1) is 55.5. The monoisotopic (exact) mass is 1430 g/mol. The number of hydrogen-bond donors (Lipinski definition) is 0.